The van der Waals surface area contributed by atoms with Gasteiger partial charge in [0.2, 0.25) is 23.0 Å². The van der Waals surface area contributed by atoms with Gasteiger partial charge in [-0.2, -0.15) is 11.8 Å². The van der Waals surface area contributed by atoms with Crippen LogP contribution in [0.2, 0.25) is 0 Å². The molecule has 1 aliphatic heterocycles. The Morgan fingerprint density at radius 2 is 1.78 bits per heavy atom. The minimum Gasteiger partial charge on any atom is -0.493 e. The van der Waals surface area contributed by atoms with Crippen LogP contribution >= 0.6 is 11.8 Å². The number of hydrogen-bond acceptors (Lipinski definition) is 8. The number of carbonyl (C=O) groups excluding carboxylic acids is 2. The summed E-state index contributed by atoms with van der Waals surface area (Å²) in [6.45, 7) is 6.97. The standard InChI is InChI=1S/C31H41N3O6S/c1-7-18(2)28(31(37)34-12-14-41-15-13-34)33-24-11-9-21-22(17-25(24)36)23(32-19(3)35)10-8-20-16-26(38-4)29(39-5)30(40-6)27(20)21/h9,11,16-18,23,28H,7-8,10,12-15H2,1-6H3,(H,32,35)(H,33,36)/t18-,23-,28-/m0/s1. The van der Waals surface area contributed by atoms with E-state index in [0.29, 0.717) is 54.4 Å². The third kappa shape index (κ3) is 6.42. The largest absolute Gasteiger partial charge is 0.493 e. The van der Waals surface area contributed by atoms with Gasteiger partial charge in [-0.3, -0.25) is 14.4 Å². The zero-order valence-corrected chi connectivity index (χ0v) is 25.6. The van der Waals surface area contributed by atoms with Gasteiger partial charge in [-0.25, -0.2) is 0 Å². The first-order valence-electron chi connectivity index (χ1n) is 14.1. The normalized spacial score (nSPS) is 17.7. The number of amides is 2. The molecule has 1 aliphatic carbocycles. The molecular weight excluding hydrogens is 542 g/mol. The summed E-state index contributed by atoms with van der Waals surface area (Å²) in [6, 6.07) is 6.20. The summed E-state index contributed by atoms with van der Waals surface area (Å²) in [5, 5.41) is 6.36. The maximum Gasteiger partial charge on any atom is 0.245 e. The number of fused-ring (bicyclic) bond motifs is 3. The van der Waals surface area contributed by atoms with Gasteiger partial charge < -0.3 is 29.7 Å². The molecule has 0 radical (unpaired) electrons. The number of nitrogens with one attached hydrogen (secondary N) is 2. The Labute approximate surface area is 246 Å². The maximum atomic E-state index is 13.8. The van der Waals surface area contributed by atoms with Crippen molar-refractivity contribution in [3.63, 3.8) is 0 Å². The molecule has 0 saturated carbocycles. The van der Waals surface area contributed by atoms with Crippen LogP contribution in [0.1, 0.15) is 50.8 Å². The van der Waals surface area contributed by atoms with Crippen molar-refractivity contribution in [3.05, 3.63) is 45.6 Å². The highest BCUT2D eigenvalue weighted by molar-refractivity contribution is 7.99. The molecule has 41 heavy (non-hydrogen) atoms. The number of nitrogens with zero attached hydrogens (tertiary/aromatic N) is 1. The Morgan fingerprint density at radius 3 is 2.39 bits per heavy atom. The first-order chi connectivity index (χ1) is 19.7. The van der Waals surface area contributed by atoms with Crippen molar-refractivity contribution in [1.82, 2.24) is 10.2 Å². The summed E-state index contributed by atoms with van der Waals surface area (Å²) in [6.07, 6.45) is 1.98. The van der Waals surface area contributed by atoms with E-state index in [1.807, 2.05) is 42.6 Å². The fourth-order valence-corrected chi connectivity index (χ4v) is 6.56. The molecule has 2 amide bonds. The summed E-state index contributed by atoms with van der Waals surface area (Å²) in [5.74, 6) is 3.17. The summed E-state index contributed by atoms with van der Waals surface area (Å²) in [4.78, 5) is 41.5. The molecule has 0 bridgehead atoms. The monoisotopic (exact) mass is 583 g/mol. The summed E-state index contributed by atoms with van der Waals surface area (Å²) >= 11 is 1.85. The van der Waals surface area contributed by atoms with Crippen LogP contribution in [-0.4, -0.2) is 68.7 Å². The van der Waals surface area contributed by atoms with Crippen molar-refractivity contribution < 1.29 is 23.8 Å². The maximum absolute atomic E-state index is 13.8. The number of benzene rings is 1. The lowest BCUT2D eigenvalue weighted by molar-refractivity contribution is -0.132. The number of aryl methyl sites for hydroxylation is 1. The molecule has 2 aliphatic rings. The molecule has 2 N–H and O–H groups in total. The van der Waals surface area contributed by atoms with Crippen LogP contribution in [0.5, 0.6) is 17.2 Å². The second-order valence-electron chi connectivity index (χ2n) is 10.5. The van der Waals surface area contributed by atoms with Crippen LogP contribution in [0, 0.1) is 5.92 Å². The van der Waals surface area contributed by atoms with Crippen molar-refractivity contribution in [2.24, 2.45) is 5.92 Å². The van der Waals surface area contributed by atoms with Crippen LogP contribution in [0.25, 0.3) is 11.1 Å². The van der Waals surface area contributed by atoms with E-state index in [0.717, 1.165) is 34.6 Å². The molecule has 2 aromatic carbocycles. The quantitative estimate of drug-likeness (QED) is 0.451. The molecule has 2 aromatic rings. The zero-order chi connectivity index (χ0) is 29.7. The first-order valence-corrected chi connectivity index (χ1v) is 15.3. The van der Waals surface area contributed by atoms with E-state index in [9.17, 15) is 14.4 Å². The zero-order valence-electron chi connectivity index (χ0n) is 24.8. The molecule has 1 saturated heterocycles. The van der Waals surface area contributed by atoms with Gasteiger partial charge in [0.1, 0.15) is 6.04 Å². The Morgan fingerprint density at radius 1 is 1.07 bits per heavy atom. The van der Waals surface area contributed by atoms with Gasteiger partial charge in [0.05, 0.1) is 33.1 Å². The fourth-order valence-electron chi connectivity index (χ4n) is 5.66. The molecule has 0 aromatic heterocycles. The molecule has 9 nitrogen and oxygen atoms in total. The van der Waals surface area contributed by atoms with E-state index < -0.39 is 12.1 Å². The number of thioether (sulfide) groups is 1. The Hall–Kier alpha value is -3.40. The van der Waals surface area contributed by atoms with Crippen molar-refractivity contribution in [2.75, 3.05) is 51.2 Å². The van der Waals surface area contributed by atoms with Crippen molar-refractivity contribution >= 4 is 29.3 Å². The number of methoxy groups -OCH3 is 3. The smallest absolute Gasteiger partial charge is 0.245 e. The molecule has 3 atom stereocenters. The van der Waals surface area contributed by atoms with E-state index >= 15 is 0 Å². The van der Waals surface area contributed by atoms with Gasteiger partial charge in [-0.15, -0.1) is 0 Å². The highest BCUT2D eigenvalue weighted by atomic mass is 32.2. The van der Waals surface area contributed by atoms with Gasteiger partial charge in [0, 0.05) is 37.1 Å². The first kappa shape index (κ1) is 30.6. The Kier molecular flexibility index (Phi) is 10.1. The number of ether oxygens (including phenoxy) is 3. The van der Waals surface area contributed by atoms with Gasteiger partial charge in [0.25, 0.3) is 0 Å². The molecule has 1 fully saturated rings. The molecule has 222 valence electrons. The summed E-state index contributed by atoms with van der Waals surface area (Å²) in [7, 11) is 4.71. The second-order valence-corrected chi connectivity index (χ2v) is 11.8. The highest BCUT2D eigenvalue weighted by Gasteiger charge is 2.32. The van der Waals surface area contributed by atoms with Gasteiger partial charge in [-0.05, 0) is 53.6 Å². The molecule has 1 heterocycles. The summed E-state index contributed by atoms with van der Waals surface area (Å²) < 4.78 is 17.1. The second kappa shape index (κ2) is 13.5. The minimum atomic E-state index is -0.532. The average molecular weight is 584 g/mol. The molecular formula is C31H41N3O6S. The van der Waals surface area contributed by atoms with Crippen LogP contribution < -0.4 is 30.3 Å². The van der Waals surface area contributed by atoms with E-state index in [1.165, 1.54) is 6.92 Å². The number of carbonyl (C=O) groups is 2. The van der Waals surface area contributed by atoms with E-state index in [4.69, 9.17) is 14.2 Å². The van der Waals surface area contributed by atoms with Crippen LogP contribution in [0.15, 0.2) is 29.1 Å². The Bertz CT molecular complexity index is 1340. The molecule has 0 unspecified atom stereocenters. The third-order valence-electron chi connectivity index (χ3n) is 8.03. The van der Waals surface area contributed by atoms with Crippen molar-refractivity contribution in [2.45, 2.75) is 52.1 Å². The minimum absolute atomic E-state index is 0.0180. The average Bonchev–Trinajstić information content (AvgIpc) is 3.22. The van der Waals surface area contributed by atoms with E-state index in [1.54, 1.807) is 33.5 Å². The van der Waals surface area contributed by atoms with Crippen LogP contribution in [-0.2, 0) is 16.0 Å². The SMILES string of the molecule is CC[C@H](C)[C@H](Nc1ccc2c(cc1=O)[C@@H](NC(C)=O)CCc1cc(OC)c(OC)c(OC)c1-2)C(=O)N1CCSCC1. The van der Waals surface area contributed by atoms with Gasteiger partial charge in [0.15, 0.2) is 11.5 Å². The molecule has 4 rings (SSSR count). The van der Waals surface area contributed by atoms with Crippen LogP contribution in [0.3, 0.4) is 0 Å². The molecule has 10 heteroatoms. The Balaban J connectivity index is 1.88. The van der Waals surface area contributed by atoms with E-state index in [-0.39, 0.29) is 23.2 Å². The summed E-state index contributed by atoms with van der Waals surface area (Å²) in [5.41, 5.74) is 3.26. The van der Waals surface area contributed by atoms with Crippen LogP contribution in [0.4, 0.5) is 5.69 Å². The third-order valence-corrected chi connectivity index (χ3v) is 8.97. The number of rotatable bonds is 9. The van der Waals surface area contributed by atoms with E-state index in [2.05, 4.69) is 10.6 Å². The van der Waals surface area contributed by atoms with Crippen molar-refractivity contribution in [3.8, 4) is 28.4 Å². The predicted molar refractivity (Wildman–Crippen MR) is 163 cm³/mol. The van der Waals surface area contributed by atoms with Gasteiger partial charge >= 0.3 is 0 Å². The highest BCUT2D eigenvalue weighted by Crippen LogP contribution is 2.50. The lowest BCUT2D eigenvalue weighted by Crippen LogP contribution is -2.49. The lowest BCUT2D eigenvalue weighted by atomic mass is 9.95. The predicted octanol–water partition coefficient (Wildman–Crippen LogP) is 4.27. The number of hydrogen-bond donors (Lipinski definition) is 2. The van der Waals surface area contributed by atoms with Crippen molar-refractivity contribution in [1.29, 1.82) is 0 Å². The fraction of sp³-hybridized carbons (Fsp3) is 0.516. The molecule has 0 spiro atoms. The number of anilines is 1. The topological polar surface area (TPSA) is 106 Å². The van der Waals surface area contributed by atoms with Gasteiger partial charge in [-0.1, -0.05) is 26.3 Å². The lowest BCUT2D eigenvalue weighted by Gasteiger charge is -2.33.